The van der Waals surface area contributed by atoms with E-state index < -0.39 is 0 Å². The highest BCUT2D eigenvalue weighted by Gasteiger charge is 2.34. The maximum Gasteiger partial charge on any atom is 0.290 e. The summed E-state index contributed by atoms with van der Waals surface area (Å²) in [5.41, 5.74) is 0.389. The molecule has 1 saturated heterocycles. The van der Waals surface area contributed by atoms with Crippen LogP contribution < -0.4 is 0 Å². The van der Waals surface area contributed by atoms with Crippen molar-refractivity contribution in [3.8, 4) is 0 Å². The molecule has 1 aromatic heterocycles. The second kappa shape index (κ2) is 11.6. The monoisotopic (exact) mass is 329 g/mol. The molecule has 1 aromatic rings. The van der Waals surface area contributed by atoms with Crippen LogP contribution in [0.15, 0.2) is 12.4 Å². The van der Waals surface area contributed by atoms with Gasteiger partial charge in [-0.2, -0.15) is 0 Å². The van der Waals surface area contributed by atoms with Gasteiger partial charge in [0.1, 0.15) is 5.82 Å². The summed E-state index contributed by atoms with van der Waals surface area (Å²) in [5, 5.41) is 13.8. The van der Waals surface area contributed by atoms with Crippen molar-refractivity contribution in [2.24, 2.45) is 5.41 Å². The predicted molar refractivity (Wildman–Crippen MR) is 85.4 cm³/mol. The number of carbonyl (C=O) groups is 2. The maximum absolute atomic E-state index is 8.36. The number of carboxylic acid groups (broad SMARTS) is 2. The summed E-state index contributed by atoms with van der Waals surface area (Å²) in [5.74, 6) is 1.10. The second-order valence-electron chi connectivity index (χ2n) is 5.77. The van der Waals surface area contributed by atoms with E-state index in [-0.39, 0.29) is 12.9 Å². The maximum atomic E-state index is 8.36. The summed E-state index contributed by atoms with van der Waals surface area (Å²) < 4.78 is 7.49. The van der Waals surface area contributed by atoms with Gasteiger partial charge in [0, 0.05) is 30.9 Å². The van der Waals surface area contributed by atoms with E-state index in [1.807, 2.05) is 6.20 Å². The van der Waals surface area contributed by atoms with E-state index in [0.29, 0.717) is 5.41 Å². The lowest BCUT2D eigenvalue weighted by atomic mass is 9.88. The minimum absolute atomic E-state index is 0.250. The molecule has 0 spiro atoms. The first-order valence-corrected chi connectivity index (χ1v) is 7.32. The van der Waals surface area contributed by atoms with Crippen molar-refractivity contribution in [2.75, 3.05) is 33.4 Å². The van der Waals surface area contributed by atoms with Gasteiger partial charge in [0.2, 0.25) is 0 Å². The number of hydrogen-bond acceptors (Lipinski definition) is 5. The van der Waals surface area contributed by atoms with E-state index in [2.05, 4.69) is 41.5 Å². The first-order chi connectivity index (χ1) is 10.9. The minimum atomic E-state index is -0.250. The third-order valence-corrected chi connectivity index (χ3v) is 3.42. The van der Waals surface area contributed by atoms with E-state index in [1.165, 1.54) is 6.42 Å². The first-order valence-electron chi connectivity index (χ1n) is 7.32. The van der Waals surface area contributed by atoms with Gasteiger partial charge in [-0.15, -0.1) is 0 Å². The highest BCUT2D eigenvalue weighted by molar-refractivity contribution is 5.33. The number of rotatable bonds is 6. The Labute approximate surface area is 136 Å². The number of imidazole rings is 1. The molecule has 132 valence electrons. The van der Waals surface area contributed by atoms with Crippen LogP contribution in [0.5, 0.6) is 0 Å². The number of nitrogens with zero attached hydrogens (tertiary/aromatic N) is 3. The van der Waals surface area contributed by atoms with Crippen molar-refractivity contribution in [1.29, 1.82) is 0 Å². The largest absolute Gasteiger partial charge is 0.483 e. The topological polar surface area (TPSA) is 105 Å². The summed E-state index contributed by atoms with van der Waals surface area (Å²) in [6, 6.07) is 0. The van der Waals surface area contributed by atoms with E-state index in [1.54, 1.807) is 0 Å². The molecule has 0 atom stereocenters. The van der Waals surface area contributed by atoms with Crippen LogP contribution in [0.3, 0.4) is 0 Å². The Morgan fingerprint density at radius 3 is 2.35 bits per heavy atom. The van der Waals surface area contributed by atoms with Crippen LogP contribution in [-0.4, -0.2) is 71.0 Å². The lowest BCUT2D eigenvalue weighted by molar-refractivity contribution is -0.123. The Kier molecular flexibility index (Phi) is 10.6. The second-order valence-corrected chi connectivity index (χ2v) is 5.77. The molecular formula is C15H27N3O5. The normalized spacial score (nSPS) is 14.6. The molecule has 1 fully saturated rings. The van der Waals surface area contributed by atoms with Crippen LogP contribution in [0.1, 0.15) is 19.2 Å². The lowest BCUT2D eigenvalue weighted by Crippen LogP contribution is -2.48. The Balaban J connectivity index is 0.000000704. The molecule has 0 bridgehead atoms. The molecule has 0 aromatic carbocycles. The van der Waals surface area contributed by atoms with Crippen molar-refractivity contribution in [3.05, 3.63) is 18.2 Å². The van der Waals surface area contributed by atoms with Gasteiger partial charge >= 0.3 is 0 Å². The average molecular weight is 329 g/mol. The highest BCUT2D eigenvalue weighted by Crippen LogP contribution is 2.27. The van der Waals surface area contributed by atoms with E-state index in [9.17, 15) is 0 Å². The summed E-state index contributed by atoms with van der Waals surface area (Å²) in [6.07, 6.45) is 5.09. The van der Waals surface area contributed by atoms with Crippen LogP contribution in [-0.2, 0) is 20.9 Å². The third-order valence-electron chi connectivity index (χ3n) is 3.42. The number of ether oxygens (including phenoxy) is 1. The molecule has 23 heavy (non-hydrogen) atoms. The van der Waals surface area contributed by atoms with Crippen LogP contribution in [0, 0.1) is 12.3 Å². The Hall–Kier alpha value is -1.93. The first kappa shape index (κ1) is 21.1. The Morgan fingerprint density at radius 2 is 1.96 bits per heavy atom. The average Bonchev–Trinajstić information content (AvgIpc) is 2.84. The van der Waals surface area contributed by atoms with Gasteiger partial charge in [0.05, 0.1) is 13.2 Å². The van der Waals surface area contributed by atoms with Gasteiger partial charge in [0.25, 0.3) is 12.9 Å². The van der Waals surface area contributed by atoms with Gasteiger partial charge < -0.3 is 24.4 Å². The molecule has 0 saturated carbocycles. The van der Waals surface area contributed by atoms with Crippen molar-refractivity contribution in [1.82, 2.24) is 14.5 Å². The molecule has 2 rings (SSSR count). The van der Waals surface area contributed by atoms with Gasteiger partial charge in [-0.05, 0) is 26.9 Å². The predicted octanol–water partition coefficient (Wildman–Crippen LogP) is 0.952. The number of hydrogen-bond donors (Lipinski definition) is 2. The summed E-state index contributed by atoms with van der Waals surface area (Å²) in [7, 11) is 2.20. The summed E-state index contributed by atoms with van der Waals surface area (Å²) >= 11 is 0. The van der Waals surface area contributed by atoms with Crippen molar-refractivity contribution in [3.63, 3.8) is 0 Å². The standard InChI is InChI=1S/C13H23N3O.2CH2O2/c1-12-14-5-8-16(12)7-4-6-15(3)9-13(2)10-17-11-13;2*2-1-3/h5,8H,4,6-7,9-11H2,1-3H3;2*1H,(H,2,3). The molecule has 1 aliphatic heterocycles. The Bertz CT molecular complexity index is 440. The molecule has 0 amide bonds. The van der Waals surface area contributed by atoms with Gasteiger partial charge in [-0.25, -0.2) is 4.98 Å². The SMILES string of the molecule is Cc1nccn1CCCN(C)CC1(C)COC1.O=CO.O=CO. The van der Waals surface area contributed by atoms with Crippen LogP contribution in [0.4, 0.5) is 0 Å². The molecule has 0 radical (unpaired) electrons. The van der Waals surface area contributed by atoms with E-state index >= 15 is 0 Å². The fraction of sp³-hybridized carbons (Fsp3) is 0.667. The van der Waals surface area contributed by atoms with Crippen LogP contribution in [0.25, 0.3) is 0 Å². The molecule has 2 N–H and O–H groups in total. The zero-order valence-electron chi connectivity index (χ0n) is 14.0. The molecule has 0 aliphatic carbocycles. The van der Waals surface area contributed by atoms with Crippen molar-refractivity contribution in [2.45, 2.75) is 26.8 Å². The summed E-state index contributed by atoms with van der Waals surface area (Å²) in [4.78, 5) is 23.4. The van der Waals surface area contributed by atoms with Gasteiger partial charge in [-0.1, -0.05) is 6.92 Å². The molecule has 2 heterocycles. The van der Waals surface area contributed by atoms with E-state index in [4.69, 9.17) is 24.5 Å². The van der Waals surface area contributed by atoms with Crippen LogP contribution in [0.2, 0.25) is 0 Å². The highest BCUT2D eigenvalue weighted by atomic mass is 16.5. The molecule has 0 unspecified atom stereocenters. The van der Waals surface area contributed by atoms with Crippen molar-refractivity contribution < 1.29 is 24.5 Å². The summed E-state index contributed by atoms with van der Waals surface area (Å²) in [6.45, 7) is 9.01. The molecule has 8 heteroatoms. The fourth-order valence-electron chi connectivity index (χ4n) is 2.42. The molecule has 8 nitrogen and oxygen atoms in total. The van der Waals surface area contributed by atoms with E-state index in [0.717, 1.165) is 38.7 Å². The number of aromatic nitrogens is 2. The minimum Gasteiger partial charge on any atom is -0.483 e. The molecule has 1 aliphatic rings. The van der Waals surface area contributed by atoms with Gasteiger partial charge in [-0.3, -0.25) is 9.59 Å². The lowest BCUT2D eigenvalue weighted by Gasteiger charge is -2.40. The quantitative estimate of drug-likeness (QED) is 0.749. The zero-order valence-corrected chi connectivity index (χ0v) is 14.0. The zero-order chi connectivity index (χ0) is 17.7. The fourth-order valence-corrected chi connectivity index (χ4v) is 2.42. The van der Waals surface area contributed by atoms with Crippen molar-refractivity contribution >= 4 is 12.9 Å². The van der Waals surface area contributed by atoms with Crippen LogP contribution >= 0.6 is 0 Å². The molecular weight excluding hydrogens is 302 g/mol. The Morgan fingerprint density at radius 1 is 1.39 bits per heavy atom. The smallest absolute Gasteiger partial charge is 0.290 e. The van der Waals surface area contributed by atoms with Gasteiger partial charge in [0.15, 0.2) is 0 Å². The third kappa shape index (κ3) is 8.94. The number of aryl methyl sites for hydroxylation is 2.